The lowest BCUT2D eigenvalue weighted by Crippen LogP contribution is -2.16. The highest BCUT2D eigenvalue weighted by molar-refractivity contribution is 6.02. The first-order valence-electron chi connectivity index (χ1n) is 7.05. The zero-order valence-corrected chi connectivity index (χ0v) is 12.4. The van der Waals surface area contributed by atoms with Gasteiger partial charge in [-0.15, -0.1) is 5.10 Å². The third kappa shape index (κ3) is 2.61. The van der Waals surface area contributed by atoms with E-state index in [1.54, 1.807) is 0 Å². The van der Waals surface area contributed by atoms with Crippen molar-refractivity contribution in [3.63, 3.8) is 0 Å². The Hall–Kier alpha value is -2.37. The van der Waals surface area contributed by atoms with E-state index in [2.05, 4.69) is 25.8 Å². The van der Waals surface area contributed by atoms with Gasteiger partial charge in [-0.1, -0.05) is 26.8 Å². The second kappa shape index (κ2) is 4.87. The average Bonchev–Trinajstić information content (AvgIpc) is 3.07. The van der Waals surface area contributed by atoms with Crippen LogP contribution in [0.15, 0.2) is 18.2 Å². The van der Waals surface area contributed by atoms with E-state index >= 15 is 0 Å². The first kappa shape index (κ1) is 13.6. The van der Waals surface area contributed by atoms with Gasteiger partial charge in [-0.2, -0.15) is 0 Å². The second-order valence-corrected chi connectivity index (χ2v) is 6.22. The standard InChI is InChI=1S/C15H19N5O/c1-15(2,3)14-18-12(19-20-14)13(21)17-11-6-4-5-10-9(11)7-8-16-10/h4-6,16H,7-8H2,1-3H3,(H,17,21)(H,18,19,20). The summed E-state index contributed by atoms with van der Waals surface area (Å²) in [7, 11) is 0. The number of carbonyl (C=O) groups is 1. The van der Waals surface area contributed by atoms with Crippen molar-refractivity contribution in [2.24, 2.45) is 0 Å². The van der Waals surface area contributed by atoms with Crippen LogP contribution in [-0.4, -0.2) is 27.6 Å². The molecule has 110 valence electrons. The van der Waals surface area contributed by atoms with Crippen LogP contribution >= 0.6 is 0 Å². The molecule has 0 bridgehead atoms. The van der Waals surface area contributed by atoms with Gasteiger partial charge >= 0.3 is 0 Å². The number of rotatable bonds is 2. The van der Waals surface area contributed by atoms with E-state index in [1.165, 1.54) is 0 Å². The molecule has 0 atom stereocenters. The Morgan fingerprint density at radius 2 is 2.14 bits per heavy atom. The van der Waals surface area contributed by atoms with E-state index in [-0.39, 0.29) is 17.1 Å². The number of anilines is 2. The van der Waals surface area contributed by atoms with Gasteiger partial charge in [0.2, 0.25) is 5.82 Å². The van der Waals surface area contributed by atoms with Crippen molar-refractivity contribution in [2.45, 2.75) is 32.6 Å². The van der Waals surface area contributed by atoms with E-state index in [0.29, 0.717) is 5.82 Å². The number of nitrogens with one attached hydrogen (secondary N) is 3. The summed E-state index contributed by atoms with van der Waals surface area (Å²) in [5, 5.41) is 13.0. The largest absolute Gasteiger partial charge is 0.384 e. The van der Waals surface area contributed by atoms with Crippen molar-refractivity contribution < 1.29 is 4.79 Å². The van der Waals surface area contributed by atoms with Crippen molar-refractivity contribution >= 4 is 17.3 Å². The number of fused-ring (bicyclic) bond motifs is 1. The molecule has 2 aromatic rings. The van der Waals surface area contributed by atoms with Gasteiger partial charge in [-0.25, -0.2) is 4.98 Å². The lowest BCUT2D eigenvalue weighted by Gasteiger charge is -2.12. The molecule has 0 unspecified atom stereocenters. The lowest BCUT2D eigenvalue weighted by atomic mass is 9.96. The van der Waals surface area contributed by atoms with Crippen molar-refractivity contribution in [2.75, 3.05) is 17.2 Å². The minimum absolute atomic E-state index is 0.163. The van der Waals surface area contributed by atoms with Crippen LogP contribution in [0.5, 0.6) is 0 Å². The SMILES string of the molecule is CC(C)(C)c1nc(C(=O)Nc2cccc3c2CCN3)n[nH]1. The third-order valence-electron chi connectivity index (χ3n) is 3.51. The molecule has 3 N–H and O–H groups in total. The molecule has 6 nitrogen and oxygen atoms in total. The number of benzene rings is 1. The van der Waals surface area contributed by atoms with Gasteiger partial charge < -0.3 is 10.6 Å². The molecule has 0 fully saturated rings. The maximum absolute atomic E-state index is 12.3. The first-order chi connectivity index (χ1) is 9.95. The van der Waals surface area contributed by atoms with Crippen LogP contribution in [0.4, 0.5) is 11.4 Å². The fourth-order valence-corrected chi connectivity index (χ4v) is 2.34. The lowest BCUT2D eigenvalue weighted by molar-refractivity contribution is 0.101. The second-order valence-electron chi connectivity index (χ2n) is 6.22. The summed E-state index contributed by atoms with van der Waals surface area (Å²) in [6.45, 7) is 6.96. The number of nitrogens with zero attached hydrogens (tertiary/aromatic N) is 2. The van der Waals surface area contributed by atoms with Crippen molar-refractivity contribution in [1.29, 1.82) is 0 Å². The molecule has 0 saturated heterocycles. The predicted molar refractivity (Wildman–Crippen MR) is 81.7 cm³/mol. The number of H-pyrrole nitrogens is 1. The zero-order valence-electron chi connectivity index (χ0n) is 12.4. The van der Waals surface area contributed by atoms with Gasteiger partial charge in [0.25, 0.3) is 5.91 Å². The summed E-state index contributed by atoms with van der Waals surface area (Å²) in [5.74, 6) is 0.582. The minimum Gasteiger partial charge on any atom is -0.384 e. The highest BCUT2D eigenvalue weighted by atomic mass is 16.2. The normalized spacial score (nSPS) is 13.7. The Kier molecular flexibility index (Phi) is 3.16. The van der Waals surface area contributed by atoms with Crippen LogP contribution in [-0.2, 0) is 11.8 Å². The van der Waals surface area contributed by atoms with Crippen molar-refractivity contribution in [3.05, 3.63) is 35.4 Å². The van der Waals surface area contributed by atoms with Gasteiger partial charge in [0, 0.05) is 28.9 Å². The van der Waals surface area contributed by atoms with E-state index in [9.17, 15) is 4.79 Å². The molecule has 1 amide bonds. The Bertz CT molecular complexity index is 684. The summed E-state index contributed by atoms with van der Waals surface area (Å²) in [4.78, 5) is 16.6. The van der Waals surface area contributed by atoms with E-state index in [1.807, 2.05) is 39.0 Å². The number of carbonyl (C=O) groups excluding carboxylic acids is 1. The maximum Gasteiger partial charge on any atom is 0.295 e. The van der Waals surface area contributed by atoms with Crippen LogP contribution in [0, 0.1) is 0 Å². The first-order valence-corrected chi connectivity index (χ1v) is 7.05. The third-order valence-corrected chi connectivity index (χ3v) is 3.51. The van der Waals surface area contributed by atoms with Gasteiger partial charge in [0.1, 0.15) is 5.82 Å². The molecule has 1 aromatic heterocycles. The Morgan fingerprint density at radius 3 is 2.86 bits per heavy atom. The van der Waals surface area contributed by atoms with Crippen LogP contribution in [0.3, 0.4) is 0 Å². The fourth-order valence-electron chi connectivity index (χ4n) is 2.34. The molecule has 3 rings (SSSR count). The highest BCUT2D eigenvalue weighted by Gasteiger charge is 2.22. The van der Waals surface area contributed by atoms with Crippen LogP contribution in [0.1, 0.15) is 42.8 Å². The van der Waals surface area contributed by atoms with Gasteiger partial charge in [0.05, 0.1) is 0 Å². The molecule has 6 heteroatoms. The average molecular weight is 285 g/mol. The number of aromatic nitrogens is 3. The van der Waals surface area contributed by atoms with E-state index in [0.717, 1.165) is 29.9 Å². The maximum atomic E-state index is 12.3. The minimum atomic E-state index is -0.290. The van der Waals surface area contributed by atoms with Crippen molar-refractivity contribution in [3.8, 4) is 0 Å². The van der Waals surface area contributed by atoms with Gasteiger partial charge in [0.15, 0.2) is 0 Å². The van der Waals surface area contributed by atoms with E-state index in [4.69, 9.17) is 0 Å². The summed E-state index contributed by atoms with van der Waals surface area (Å²) in [6, 6.07) is 5.84. The Morgan fingerprint density at radius 1 is 1.33 bits per heavy atom. The molecule has 2 heterocycles. The number of hydrogen-bond acceptors (Lipinski definition) is 4. The van der Waals surface area contributed by atoms with Crippen LogP contribution < -0.4 is 10.6 Å². The van der Waals surface area contributed by atoms with Gasteiger partial charge in [-0.3, -0.25) is 9.89 Å². The summed E-state index contributed by atoms with van der Waals surface area (Å²) < 4.78 is 0. The molecular formula is C15H19N5O. The van der Waals surface area contributed by atoms with Gasteiger partial charge in [-0.05, 0) is 18.6 Å². The molecule has 0 radical (unpaired) electrons. The number of hydrogen-bond donors (Lipinski definition) is 3. The monoisotopic (exact) mass is 285 g/mol. The highest BCUT2D eigenvalue weighted by Crippen LogP contribution is 2.29. The quantitative estimate of drug-likeness (QED) is 0.791. The summed E-state index contributed by atoms with van der Waals surface area (Å²) >= 11 is 0. The van der Waals surface area contributed by atoms with E-state index < -0.39 is 0 Å². The van der Waals surface area contributed by atoms with Crippen LogP contribution in [0.2, 0.25) is 0 Å². The number of amides is 1. The number of aromatic amines is 1. The topological polar surface area (TPSA) is 82.7 Å². The molecule has 1 aromatic carbocycles. The predicted octanol–water partition coefficient (Wildman–Crippen LogP) is 2.32. The smallest absolute Gasteiger partial charge is 0.295 e. The molecule has 21 heavy (non-hydrogen) atoms. The molecule has 0 spiro atoms. The zero-order chi connectivity index (χ0) is 15.0. The summed E-state index contributed by atoms with van der Waals surface area (Å²) in [5.41, 5.74) is 2.88. The molecule has 1 aliphatic rings. The molecule has 0 saturated carbocycles. The van der Waals surface area contributed by atoms with Crippen LogP contribution in [0.25, 0.3) is 0 Å². The molecular weight excluding hydrogens is 266 g/mol. The van der Waals surface area contributed by atoms with Crippen molar-refractivity contribution in [1.82, 2.24) is 15.2 Å². The molecule has 1 aliphatic heterocycles. The summed E-state index contributed by atoms with van der Waals surface area (Å²) in [6.07, 6.45) is 0.910. The fraction of sp³-hybridized carbons (Fsp3) is 0.400. The Labute approximate surface area is 123 Å². The Balaban J connectivity index is 1.81. The molecule has 0 aliphatic carbocycles.